The number of methoxy groups -OCH3 is 2. The van der Waals surface area contributed by atoms with Crippen LogP contribution in [0.25, 0.3) is 0 Å². The molecular weight excluding hydrogens is 370 g/mol. The van der Waals surface area contributed by atoms with Gasteiger partial charge in [0, 0.05) is 11.3 Å². The van der Waals surface area contributed by atoms with Crippen molar-refractivity contribution in [2.75, 3.05) is 39.7 Å². The standard InChI is InChI=1S/C22H29N3O4/c1-15-6-8-17(9-7-15)24-22(27)14-25(3)13-21(26)23-16(2)19-12-18(28-4)10-11-20(19)29-5/h6-12,16H,13-14H2,1-5H3,(H,23,26)(H,24,27)/p+1/t16-/m1/s1. The van der Waals surface area contributed by atoms with Gasteiger partial charge in [0.25, 0.3) is 11.8 Å². The molecule has 0 bridgehead atoms. The Labute approximate surface area is 172 Å². The number of carbonyl (C=O) groups is 2. The molecule has 7 nitrogen and oxygen atoms in total. The molecule has 2 amide bonds. The minimum Gasteiger partial charge on any atom is -0.497 e. The molecule has 0 fully saturated rings. The number of hydrogen-bond donors (Lipinski definition) is 3. The van der Waals surface area contributed by atoms with Crippen LogP contribution in [0.4, 0.5) is 5.69 Å². The molecule has 0 radical (unpaired) electrons. The molecule has 0 spiro atoms. The van der Waals surface area contributed by atoms with Crippen molar-refractivity contribution in [3.8, 4) is 11.5 Å². The zero-order chi connectivity index (χ0) is 21.4. The summed E-state index contributed by atoms with van der Waals surface area (Å²) in [6.07, 6.45) is 0. The van der Waals surface area contributed by atoms with Crippen molar-refractivity contribution in [3.63, 3.8) is 0 Å². The molecule has 2 aromatic rings. The molecule has 156 valence electrons. The number of rotatable bonds is 9. The van der Waals surface area contributed by atoms with Gasteiger partial charge in [0.05, 0.1) is 27.3 Å². The first-order chi connectivity index (χ1) is 13.8. The molecule has 2 atom stereocenters. The van der Waals surface area contributed by atoms with Crippen LogP contribution in [0.15, 0.2) is 42.5 Å². The SMILES string of the molecule is COc1ccc(OC)c([C@@H](C)NC(=O)C[NH+](C)CC(=O)Nc2ccc(C)cc2)c1. The summed E-state index contributed by atoms with van der Waals surface area (Å²) in [5.41, 5.74) is 2.70. The van der Waals surface area contributed by atoms with Gasteiger partial charge in [-0.15, -0.1) is 0 Å². The van der Waals surface area contributed by atoms with Gasteiger partial charge in [-0.3, -0.25) is 9.59 Å². The summed E-state index contributed by atoms with van der Waals surface area (Å²) >= 11 is 0. The van der Waals surface area contributed by atoms with Crippen LogP contribution in [-0.4, -0.2) is 46.2 Å². The smallest absolute Gasteiger partial charge is 0.279 e. The average Bonchev–Trinajstić information content (AvgIpc) is 2.68. The number of carbonyl (C=O) groups excluding carboxylic acids is 2. The maximum absolute atomic E-state index is 12.4. The highest BCUT2D eigenvalue weighted by atomic mass is 16.5. The first kappa shape index (κ1) is 22.2. The van der Waals surface area contributed by atoms with Crippen LogP contribution in [0, 0.1) is 6.92 Å². The van der Waals surface area contributed by atoms with E-state index in [0.717, 1.165) is 21.7 Å². The monoisotopic (exact) mass is 400 g/mol. The lowest BCUT2D eigenvalue weighted by atomic mass is 10.1. The first-order valence-electron chi connectivity index (χ1n) is 9.51. The Kier molecular flexibility index (Phi) is 8.03. The Hall–Kier alpha value is -3.06. The van der Waals surface area contributed by atoms with Crippen molar-refractivity contribution in [2.24, 2.45) is 0 Å². The van der Waals surface area contributed by atoms with Crippen molar-refractivity contribution in [1.82, 2.24) is 5.32 Å². The van der Waals surface area contributed by atoms with E-state index in [2.05, 4.69) is 10.6 Å². The fraction of sp³-hybridized carbons (Fsp3) is 0.364. The van der Waals surface area contributed by atoms with Gasteiger partial charge in [0.1, 0.15) is 11.5 Å². The Bertz CT molecular complexity index is 836. The summed E-state index contributed by atoms with van der Waals surface area (Å²) in [5.74, 6) is 1.08. The fourth-order valence-electron chi connectivity index (χ4n) is 3.00. The predicted molar refractivity (Wildman–Crippen MR) is 113 cm³/mol. The number of anilines is 1. The van der Waals surface area contributed by atoms with Crippen molar-refractivity contribution in [2.45, 2.75) is 19.9 Å². The summed E-state index contributed by atoms with van der Waals surface area (Å²) < 4.78 is 10.6. The molecule has 1 unspecified atom stereocenters. The third-order valence-corrected chi connectivity index (χ3v) is 4.54. The van der Waals surface area contributed by atoms with E-state index in [-0.39, 0.29) is 30.9 Å². The van der Waals surface area contributed by atoms with E-state index in [0.29, 0.717) is 11.5 Å². The van der Waals surface area contributed by atoms with Crippen molar-refractivity contribution in [1.29, 1.82) is 0 Å². The first-order valence-corrected chi connectivity index (χ1v) is 9.51. The highest BCUT2D eigenvalue weighted by Gasteiger charge is 2.19. The molecule has 29 heavy (non-hydrogen) atoms. The topological polar surface area (TPSA) is 81.1 Å². The molecule has 0 heterocycles. The second kappa shape index (κ2) is 10.5. The average molecular weight is 400 g/mol. The molecule has 0 saturated heterocycles. The van der Waals surface area contributed by atoms with E-state index < -0.39 is 0 Å². The number of quaternary nitrogens is 1. The number of ether oxygens (including phenoxy) is 2. The normalized spacial score (nSPS) is 12.6. The van der Waals surface area contributed by atoms with Crippen LogP contribution in [-0.2, 0) is 9.59 Å². The molecule has 0 aromatic heterocycles. The van der Waals surface area contributed by atoms with E-state index in [4.69, 9.17) is 9.47 Å². The number of amides is 2. The van der Waals surface area contributed by atoms with Crippen LogP contribution < -0.4 is 25.0 Å². The van der Waals surface area contributed by atoms with E-state index in [1.807, 2.05) is 63.4 Å². The zero-order valence-corrected chi connectivity index (χ0v) is 17.7. The van der Waals surface area contributed by atoms with E-state index >= 15 is 0 Å². The minimum absolute atomic E-state index is 0.137. The number of aryl methyl sites for hydroxylation is 1. The van der Waals surface area contributed by atoms with Gasteiger partial charge in [-0.25, -0.2) is 0 Å². The number of hydrogen-bond acceptors (Lipinski definition) is 4. The van der Waals surface area contributed by atoms with Crippen LogP contribution in [0.2, 0.25) is 0 Å². The maximum atomic E-state index is 12.4. The number of likely N-dealkylation sites (N-methyl/N-ethyl adjacent to an activating group) is 1. The van der Waals surface area contributed by atoms with Gasteiger partial charge in [0.15, 0.2) is 13.1 Å². The van der Waals surface area contributed by atoms with Crippen LogP contribution in [0.3, 0.4) is 0 Å². The zero-order valence-electron chi connectivity index (χ0n) is 17.7. The lowest BCUT2D eigenvalue weighted by Gasteiger charge is -2.19. The Morgan fingerprint density at radius 1 is 1.00 bits per heavy atom. The van der Waals surface area contributed by atoms with Gasteiger partial charge in [-0.05, 0) is 44.2 Å². The van der Waals surface area contributed by atoms with Crippen LogP contribution in [0.1, 0.15) is 24.1 Å². The summed E-state index contributed by atoms with van der Waals surface area (Å²) in [6.45, 7) is 4.25. The Morgan fingerprint density at radius 3 is 2.28 bits per heavy atom. The Balaban J connectivity index is 1.87. The van der Waals surface area contributed by atoms with E-state index in [9.17, 15) is 9.59 Å². The molecule has 2 rings (SSSR count). The highest BCUT2D eigenvalue weighted by Crippen LogP contribution is 2.29. The van der Waals surface area contributed by atoms with Gasteiger partial charge >= 0.3 is 0 Å². The third-order valence-electron chi connectivity index (χ3n) is 4.54. The third kappa shape index (κ3) is 6.80. The largest absolute Gasteiger partial charge is 0.497 e. The molecule has 0 aliphatic heterocycles. The minimum atomic E-state index is -0.262. The van der Waals surface area contributed by atoms with Crippen molar-refractivity contribution < 1.29 is 24.0 Å². The molecule has 3 N–H and O–H groups in total. The van der Waals surface area contributed by atoms with Crippen LogP contribution >= 0.6 is 0 Å². The molecule has 0 saturated carbocycles. The lowest BCUT2D eigenvalue weighted by Crippen LogP contribution is -3.11. The van der Waals surface area contributed by atoms with Gasteiger partial charge in [0.2, 0.25) is 0 Å². The van der Waals surface area contributed by atoms with Crippen molar-refractivity contribution >= 4 is 17.5 Å². The lowest BCUT2D eigenvalue weighted by molar-refractivity contribution is -0.862. The quantitative estimate of drug-likeness (QED) is 0.594. The second-order valence-electron chi connectivity index (χ2n) is 7.12. The van der Waals surface area contributed by atoms with Gasteiger partial charge < -0.3 is 25.0 Å². The maximum Gasteiger partial charge on any atom is 0.279 e. The molecule has 2 aromatic carbocycles. The molecular formula is C22H30N3O4+. The molecule has 0 aliphatic rings. The van der Waals surface area contributed by atoms with Gasteiger partial charge in [-0.1, -0.05) is 17.7 Å². The number of benzene rings is 2. The molecule has 0 aliphatic carbocycles. The predicted octanol–water partition coefficient (Wildman–Crippen LogP) is 1.34. The molecule has 7 heteroatoms. The Morgan fingerprint density at radius 2 is 1.66 bits per heavy atom. The summed E-state index contributed by atoms with van der Waals surface area (Å²) in [4.78, 5) is 25.4. The number of nitrogens with one attached hydrogen (secondary N) is 3. The highest BCUT2D eigenvalue weighted by molar-refractivity contribution is 5.91. The van der Waals surface area contributed by atoms with E-state index in [1.165, 1.54) is 0 Å². The van der Waals surface area contributed by atoms with Gasteiger partial charge in [-0.2, -0.15) is 0 Å². The summed E-state index contributed by atoms with van der Waals surface area (Å²) in [6, 6.07) is 12.8. The fourth-order valence-corrected chi connectivity index (χ4v) is 3.00. The van der Waals surface area contributed by atoms with Crippen LogP contribution in [0.5, 0.6) is 11.5 Å². The van der Waals surface area contributed by atoms with E-state index in [1.54, 1.807) is 14.2 Å². The van der Waals surface area contributed by atoms with Crippen molar-refractivity contribution in [3.05, 3.63) is 53.6 Å². The summed E-state index contributed by atoms with van der Waals surface area (Å²) in [5, 5.41) is 5.80. The second-order valence-corrected chi connectivity index (χ2v) is 7.12. The summed E-state index contributed by atoms with van der Waals surface area (Å²) in [7, 11) is 4.99.